The highest BCUT2D eigenvalue weighted by molar-refractivity contribution is 5.23. The second kappa shape index (κ2) is 5.66. The zero-order valence-corrected chi connectivity index (χ0v) is 12.4. The molecule has 3 heteroatoms. The third-order valence-corrected chi connectivity index (χ3v) is 4.82. The Labute approximate surface area is 116 Å². The largest absolute Gasteiger partial charge is 0.329 e. The summed E-state index contributed by atoms with van der Waals surface area (Å²) in [4.78, 5) is 5.04. The number of hydrogen-bond acceptors (Lipinski definition) is 2. The molecule has 3 nitrogen and oxygen atoms in total. The molecular formula is C16H27N3. The molecular weight excluding hydrogens is 234 g/mol. The molecule has 1 N–H and O–H groups in total. The maximum Gasteiger partial charge on any atom is 0.112 e. The Morgan fingerprint density at radius 2 is 2.16 bits per heavy atom. The monoisotopic (exact) mass is 261 g/mol. The number of hydrogen-bond donors (Lipinski definition) is 1. The van der Waals surface area contributed by atoms with Gasteiger partial charge in [-0.2, -0.15) is 0 Å². The summed E-state index contributed by atoms with van der Waals surface area (Å²) in [5.74, 6) is 2.14. The second-order valence-corrected chi connectivity index (χ2v) is 6.28. The first kappa shape index (κ1) is 13.2. The van der Waals surface area contributed by atoms with E-state index in [9.17, 15) is 0 Å². The fourth-order valence-electron chi connectivity index (χ4n) is 3.86. The summed E-state index contributed by atoms with van der Waals surface area (Å²) >= 11 is 0. The lowest BCUT2D eigenvalue weighted by Gasteiger charge is -2.23. The van der Waals surface area contributed by atoms with Crippen LogP contribution in [0.4, 0.5) is 0 Å². The Kier molecular flexibility index (Phi) is 3.92. The molecule has 0 aromatic carbocycles. The highest BCUT2D eigenvalue weighted by atomic mass is 15.1. The van der Waals surface area contributed by atoms with E-state index in [1.54, 1.807) is 0 Å². The lowest BCUT2D eigenvalue weighted by molar-refractivity contribution is 0.445. The van der Waals surface area contributed by atoms with Crippen molar-refractivity contribution in [3.8, 4) is 0 Å². The average Bonchev–Trinajstić information content (AvgIpc) is 3.06. The Bertz CT molecular complexity index is 429. The van der Waals surface area contributed by atoms with Crippen LogP contribution in [-0.4, -0.2) is 16.1 Å². The number of aromatic nitrogens is 2. The van der Waals surface area contributed by atoms with Crippen molar-refractivity contribution >= 4 is 0 Å². The van der Waals surface area contributed by atoms with Crippen LogP contribution in [0.1, 0.15) is 81.5 Å². The molecule has 1 aromatic rings. The zero-order valence-electron chi connectivity index (χ0n) is 12.4. The Hall–Kier alpha value is -0.830. The van der Waals surface area contributed by atoms with Crippen molar-refractivity contribution in [2.75, 3.05) is 6.54 Å². The summed E-state index contributed by atoms with van der Waals surface area (Å²) in [5.41, 5.74) is 2.86. The molecule has 2 heterocycles. The Morgan fingerprint density at radius 1 is 1.37 bits per heavy atom. The number of imidazole rings is 1. The minimum atomic E-state index is 0.620. The highest BCUT2D eigenvalue weighted by Crippen LogP contribution is 2.37. The van der Waals surface area contributed by atoms with Gasteiger partial charge in [-0.3, -0.25) is 0 Å². The molecule has 0 bridgehead atoms. The van der Waals surface area contributed by atoms with E-state index in [-0.39, 0.29) is 0 Å². The molecule has 1 atom stereocenters. The number of rotatable bonds is 4. The molecule has 0 saturated heterocycles. The van der Waals surface area contributed by atoms with Gasteiger partial charge in [0.15, 0.2) is 0 Å². The summed E-state index contributed by atoms with van der Waals surface area (Å²) in [5, 5.41) is 3.47. The number of nitrogens with one attached hydrogen (secondary N) is 1. The summed E-state index contributed by atoms with van der Waals surface area (Å²) in [6.07, 6.45) is 9.17. The van der Waals surface area contributed by atoms with Gasteiger partial charge in [0, 0.05) is 37.2 Å². The minimum absolute atomic E-state index is 0.620. The van der Waals surface area contributed by atoms with Crippen molar-refractivity contribution in [2.45, 2.75) is 77.3 Å². The third kappa shape index (κ3) is 2.45. The molecule has 1 unspecified atom stereocenters. The van der Waals surface area contributed by atoms with E-state index in [1.807, 2.05) is 0 Å². The smallest absolute Gasteiger partial charge is 0.112 e. The first-order valence-electron chi connectivity index (χ1n) is 8.11. The van der Waals surface area contributed by atoms with Gasteiger partial charge in [-0.25, -0.2) is 4.98 Å². The van der Waals surface area contributed by atoms with Crippen LogP contribution in [0, 0.1) is 0 Å². The van der Waals surface area contributed by atoms with Crippen molar-refractivity contribution in [1.29, 1.82) is 0 Å². The molecule has 0 amide bonds. The fraction of sp³-hybridized carbons (Fsp3) is 0.812. The van der Waals surface area contributed by atoms with Crippen molar-refractivity contribution in [3.63, 3.8) is 0 Å². The Balaban J connectivity index is 1.98. The molecule has 0 spiro atoms. The molecule has 2 aliphatic rings. The number of fused-ring (bicyclic) bond motifs is 1. The van der Waals surface area contributed by atoms with Gasteiger partial charge in [0.25, 0.3) is 0 Å². The molecule has 0 radical (unpaired) electrons. The Morgan fingerprint density at radius 3 is 2.89 bits per heavy atom. The molecule has 1 aromatic heterocycles. The van der Waals surface area contributed by atoms with Crippen LogP contribution < -0.4 is 5.32 Å². The van der Waals surface area contributed by atoms with Crippen molar-refractivity contribution in [2.24, 2.45) is 0 Å². The molecule has 106 valence electrons. The van der Waals surface area contributed by atoms with Gasteiger partial charge in [0.05, 0.1) is 5.69 Å². The van der Waals surface area contributed by atoms with Crippen LogP contribution in [-0.2, 0) is 13.0 Å². The predicted octanol–water partition coefficient (Wildman–Crippen LogP) is 3.55. The molecule has 3 rings (SSSR count). The maximum atomic E-state index is 5.04. The van der Waals surface area contributed by atoms with Crippen LogP contribution in [0.25, 0.3) is 0 Å². The van der Waals surface area contributed by atoms with E-state index in [2.05, 4.69) is 23.7 Å². The first-order valence-corrected chi connectivity index (χ1v) is 8.11. The van der Waals surface area contributed by atoms with Gasteiger partial charge in [-0.1, -0.05) is 26.2 Å². The molecule has 1 fully saturated rings. The average molecular weight is 261 g/mol. The minimum Gasteiger partial charge on any atom is -0.329 e. The molecule has 1 aliphatic carbocycles. The van der Waals surface area contributed by atoms with Crippen molar-refractivity contribution in [3.05, 3.63) is 17.2 Å². The van der Waals surface area contributed by atoms with Crippen LogP contribution in [0.3, 0.4) is 0 Å². The maximum absolute atomic E-state index is 5.04. The lowest BCUT2D eigenvalue weighted by atomic mass is 10.1. The van der Waals surface area contributed by atoms with Gasteiger partial charge >= 0.3 is 0 Å². The van der Waals surface area contributed by atoms with E-state index in [4.69, 9.17) is 4.98 Å². The molecule has 19 heavy (non-hydrogen) atoms. The van der Waals surface area contributed by atoms with Crippen molar-refractivity contribution in [1.82, 2.24) is 14.9 Å². The predicted molar refractivity (Wildman–Crippen MR) is 78.5 cm³/mol. The van der Waals surface area contributed by atoms with Gasteiger partial charge < -0.3 is 9.88 Å². The van der Waals surface area contributed by atoms with E-state index in [1.165, 1.54) is 55.7 Å². The molecule has 1 aliphatic heterocycles. The van der Waals surface area contributed by atoms with Crippen LogP contribution in [0.15, 0.2) is 0 Å². The first-order chi connectivity index (χ1) is 9.31. The zero-order chi connectivity index (χ0) is 13.2. The summed E-state index contributed by atoms with van der Waals surface area (Å²) in [7, 11) is 0. The van der Waals surface area contributed by atoms with E-state index >= 15 is 0 Å². The SMILES string of the molecule is CCCC(C)n1c(C2CCCC2)nc2c1CCNC2. The fourth-order valence-corrected chi connectivity index (χ4v) is 3.86. The summed E-state index contributed by atoms with van der Waals surface area (Å²) in [6.45, 7) is 6.76. The topological polar surface area (TPSA) is 29.9 Å². The van der Waals surface area contributed by atoms with Crippen molar-refractivity contribution < 1.29 is 0 Å². The molecule has 1 saturated carbocycles. The summed E-state index contributed by atoms with van der Waals surface area (Å²) < 4.78 is 2.62. The normalized spacial score (nSPS) is 21.6. The van der Waals surface area contributed by atoms with Crippen LogP contribution in [0.5, 0.6) is 0 Å². The van der Waals surface area contributed by atoms with Crippen LogP contribution >= 0.6 is 0 Å². The van der Waals surface area contributed by atoms with Gasteiger partial charge in [0.2, 0.25) is 0 Å². The van der Waals surface area contributed by atoms with E-state index < -0.39 is 0 Å². The van der Waals surface area contributed by atoms with Crippen LogP contribution in [0.2, 0.25) is 0 Å². The quantitative estimate of drug-likeness (QED) is 0.898. The highest BCUT2D eigenvalue weighted by Gasteiger charge is 2.28. The lowest BCUT2D eigenvalue weighted by Crippen LogP contribution is -2.26. The number of nitrogens with zero attached hydrogens (tertiary/aromatic N) is 2. The van der Waals surface area contributed by atoms with E-state index in [0.29, 0.717) is 6.04 Å². The van der Waals surface area contributed by atoms with E-state index in [0.717, 1.165) is 25.4 Å². The second-order valence-electron chi connectivity index (χ2n) is 6.28. The third-order valence-electron chi connectivity index (χ3n) is 4.82. The van der Waals surface area contributed by atoms with Gasteiger partial charge in [-0.15, -0.1) is 0 Å². The van der Waals surface area contributed by atoms with Gasteiger partial charge in [0.1, 0.15) is 5.82 Å². The standard InChI is InChI=1S/C16H27N3/c1-3-6-12(2)19-15-9-10-17-11-14(15)18-16(19)13-7-4-5-8-13/h12-13,17H,3-11H2,1-2H3. The van der Waals surface area contributed by atoms with Gasteiger partial charge in [-0.05, 0) is 26.2 Å². The summed E-state index contributed by atoms with van der Waals surface area (Å²) in [6, 6.07) is 0.620.